The van der Waals surface area contributed by atoms with Gasteiger partial charge in [0.25, 0.3) is 0 Å². The predicted molar refractivity (Wildman–Crippen MR) is 55.9 cm³/mol. The molecule has 3 unspecified atom stereocenters. The van der Waals surface area contributed by atoms with Crippen LogP contribution in [0, 0.1) is 11.8 Å². The lowest BCUT2D eigenvalue weighted by Gasteiger charge is -2.16. The summed E-state index contributed by atoms with van der Waals surface area (Å²) in [6.07, 6.45) is 3.30. The topological polar surface area (TPSA) is 20.2 Å². The molecule has 0 bridgehead atoms. The molecule has 1 heterocycles. The smallest absolute Gasteiger partial charge is 0.0568 e. The van der Waals surface area contributed by atoms with E-state index in [0.717, 1.165) is 12.8 Å². The molecular weight excluding hydrogens is 180 g/mol. The normalized spacial score (nSPS) is 33.8. The zero-order chi connectivity index (χ0) is 9.26. The van der Waals surface area contributed by atoms with Crippen molar-refractivity contribution >= 4 is 11.3 Å². The number of hydrogen-bond acceptors (Lipinski definition) is 2. The van der Waals surface area contributed by atoms with Gasteiger partial charge < -0.3 is 5.11 Å². The fraction of sp³-hybridized carbons (Fsp3) is 0.636. The summed E-state index contributed by atoms with van der Waals surface area (Å²) in [6, 6.07) is 4.30. The van der Waals surface area contributed by atoms with Gasteiger partial charge in [-0.05, 0) is 42.5 Å². The van der Waals surface area contributed by atoms with E-state index < -0.39 is 0 Å². The molecule has 72 valence electrons. The third kappa shape index (κ3) is 1.94. The first-order valence-corrected chi connectivity index (χ1v) is 5.86. The van der Waals surface area contributed by atoms with Crippen LogP contribution in [0.4, 0.5) is 0 Å². The standard InChI is InChI=1S/C11H16OS/c1-8-9(4-5-11(8)12)7-10-3-2-6-13-10/h2-3,6,8-9,11-12H,4-5,7H2,1H3. The second kappa shape index (κ2) is 3.81. The van der Waals surface area contributed by atoms with Crippen molar-refractivity contribution in [3.8, 4) is 0 Å². The van der Waals surface area contributed by atoms with E-state index in [1.807, 2.05) is 11.3 Å². The highest BCUT2D eigenvalue weighted by Gasteiger charge is 2.31. The minimum atomic E-state index is -0.0510. The third-order valence-electron chi connectivity index (χ3n) is 3.23. The van der Waals surface area contributed by atoms with Crippen molar-refractivity contribution < 1.29 is 5.11 Å². The van der Waals surface area contributed by atoms with Gasteiger partial charge in [0.2, 0.25) is 0 Å². The molecule has 1 fully saturated rings. The SMILES string of the molecule is CC1C(O)CCC1Cc1cccs1. The van der Waals surface area contributed by atoms with Crippen molar-refractivity contribution in [2.75, 3.05) is 0 Å². The van der Waals surface area contributed by atoms with E-state index in [0.29, 0.717) is 11.8 Å². The van der Waals surface area contributed by atoms with Crippen LogP contribution in [-0.2, 0) is 6.42 Å². The van der Waals surface area contributed by atoms with Crippen LogP contribution in [0.15, 0.2) is 17.5 Å². The summed E-state index contributed by atoms with van der Waals surface area (Å²) >= 11 is 1.83. The molecule has 1 saturated carbocycles. The molecular formula is C11H16OS. The Balaban J connectivity index is 1.96. The van der Waals surface area contributed by atoms with E-state index in [-0.39, 0.29) is 6.10 Å². The van der Waals surface area contributed by atoms with Gasteiger partial charge in [0.15, 0.2) is 0 Å². The highest BCUT2D eigenvalue weighted by atomic mass is 32.1. The molecule has 2 rings (SSSR count). The number of thiophene rings is 1. The predicted octanol–water partition coefficient (Wildman–Crippen LogP) is 2.70. The Morgan fingerprint density at radius 3 is 2.92 bits per heavy atom. The maximum absolute atomic E-state index is 9.60. The maximum atomic E-state index is 9.60. The summed E-state index contributed by atoms with van der Waals surface area (Å²) < 4.78 is 0. The van der Waals surface area contributed by atoms with Gasteiger partial charge in [-0.25, -0.2) is 0 Å². The van der Waals surface area contributed by atoms with Crippen LogP contribution < -0.4 is 0 Å². The molecule has 1 aromatic rings. The van der Waals surface area contributed by atoms with Crippen LogP contribution >= 0.6 is 11.3 Å². The second-order valence-corrected chi connectivity index (χ2v) is 5.08. The molecule has 1 aliphatic rings. The van der Waals surface area contributed by atoms with E-state index in [1.54, 1.807) is 0 Å². The van der Waals surface area contributed by atoms with E-state index >= 15 is 0 Å². The van der Waals surface area contributed by atoms with E-state index in [4.69, 9.17) is 0 Å². The molecule has 0 radical (unpaired) electrons. The van der Waals surface area contributed by atoms with Crippen LogP contribution in [0.1, 0.15) is 24.6 Å². The van der Waals surface area contributed by atoms with Crippen LogP contribution in [0.5, 0.6) is 0 Å². The van der Waals surface area contributed by atoms with Gasteiger partial charge in [-0.2, -0.15) is 0 Å². The zero-order valence-electron chi connectivity index (χ0n) is 7.94. The van der Waals surface area contributed by atoms with Crippen molar-refractivity contribution in [1.29, 1.82) is 0 Å². The summed E-state index contributed by atoms with van der Waals surface area (Å²) in [5, 5.41) is 11.7. The molecule has 1 aliphatic carbocycles. The summed E-state index contributed by atoms with van der Waals surface area (Å²) in [7, 11) is 0. The fourth-order valence-corrected chi connectivity index (χ4v) is 3.00. The van der Waals surface area contributed by atoms with Crippen molar-refractivity contribution in [2.24, 2.45) is 11.8 Å². The molecule has 0 aromatic carbocycles. The van der Waals surface area contributed by atoms with Crippen LogP contribution in [0.25, 0.3) is 0 Å². The number of aliphatic hydroxyl groups is 1. The lowest BCUT2D eigenvalue weighted by Crippen LogP contribution is -2.16. The Morgan fingerprint density at radius 2 is 2.38 bits per heavy atom. The molecule has 0 spiro atoms. The molecule has 1 nitrogen and oxygen atoms in total. The number of hydrogen-bond donors (Lipinski definition) is 1. The van der Waals surface area contributed by atoms with E-state index in [1.165, 1.54) is 11.3 Å². The summed E-state index contributed by atoms with van der Waals surface area (Å²) in [5.74, 6) is 1.19. The Labute approximate surface area is 83.4 Å². The lowest BCUT2D eigenvalue weighted by molar-refractivity contribution is 0.127. The molecule has 1 N–H and O–H groups in total. The highest BCUT2D eigenvalue weighted by molar-refractivity contribution is 7.09. The van der Waals surface area contributed by atoms with Gasteiger partial charge in [0.1, 0.15) is 0 Å². The summed E-state index contributed by atoms with van der Waals surface area (Å²) in [5.41, 5.74) is 0. The average molecular weight is 196 g/mol. The second-order valence-electron chi connectivity index (χ2n) is 4.05. The maximum Gasteiger partial charge on any atom is 0.0568 e. The third-order valence-corrected chi connectivity index (χ3v) is 4.13. The number of aliphatic hydroxyl groups excluding tert-OH is 1. The van der Waals surface area contributed by atoms with Gasteiger partial charge in [0, 0.05) is 4.88 Å². The van der Waals surface area contributed by atoms with E-state index in [2.05, 4.69) is 24.4 Å². The summed E-state index contributed by atoms with van der Waals surface area (Å²) in [6.45, 7) is 2.18. The van der Waals surface area contributed by atoms with Gasteiger partial charge in [-0.3, -0.25) is 0 Å². The quantitative estimate of drug-likeness (QED) is 0.771. The first kappa shape index (κ1) is 9.22. The Morgan fingerprint density at radius 1 is 1.54 bits per heavy atom. The Hall–Kier alpha value is -0.340. The van der Waals surface area contributed by atoms with Crippen LogP contribution in [-0.4, -0.2) is 11.2 Å². The molecule has 13 heavy (non-hydrogen) atoms. The summed E-state index contributed by atoms with van der Waals surface area (Å²) in [4.78, 5) is 1.46. The molecule has 0 aliphatic heterocycles. The van der Waals surface area contributed by atoms with E-state index in [9.17, 15) is 5.11 Å². The van der Waals surface area contributed by atoms with Crippen molar-refractivity contribution in [1.82, 2.24) is 0 Å². The fourth-order valence-electron chi connectivity index (χ4n) is 2.20. The monoisotopic (exact) mass is 196 g/mol. The minimum absolute atomic E-state index is 0.0510. The van der Waals surface area contributed by atoms with Gasteiger partial charge >= 0.3 is 0 Å². The zero-order valence-corrected chi connectivity index (χ0v) is 8.76. The number of rotatable bonds is 2. The minimum Gasteiger partial charge on any atom is -0.393 e. The first-order chi connectivity index (χ1) is 6.27. The Bertz CT molecular complexity index is 255. The van der Waals surface area contributed by atoms with Crippen molar-refractivity contribution in [2.45, 2.75) is 32.3 Å². The van der Waals surface area contributed by atoms with Gasteiger partial charge in [0.05, 0.1) is 6.10 Å². The van der Waals surface area contributed by atoms with Crippen LogP contribution in [0.2, 0.25) is 0 Å². The van der Waals surface area contributed by atoms with Gasteiger partial charge in [-0.1, -0.05) is 13.0 Å². The molecule has 2 heteroatoms. The first-order valence-electron chi connectivity index (χ1n) is 4.98. The van der Waals surface area contributed by atoms with Crippen molar-refractivity contribution in [3.63, 3.8) is 0 Å². The lowest BCUT2D eigenvalue weighted by atomic mass is 9.93. The Kier molecular flexibility index (Phi) is 2.70. The highest BCUT2D eigenvalue weighted by Crippen LogP contribution is 2.34. The molecule has 1 aromatic heterocycles. The average Bonchev–Trinajstić information content (AvgIpc) is 2.71. The van der Waals surface area contributed by atoms with Crippen molar-refractivity contribution in [3.05, 3.63) is 22.4 Å². The molecule has 0 amide bonds. The van der Waals surface area contributed by atoms with Gasteiger partial charge in [-0.15, -0.1) is 11.3 Å². The molecule has 0 saturated heterocycles. The molecule has 3 atom stereocenters. The van der Waals surface area contributed by atoms with Crippen LogP contribution in [0.3, 0.4) is 0 Å². The largest absolute Gasteiger partial charge is 0.393 e.